The van der Waals surface area contributed by atoms with Crippen LogP contribution >= 0.6 is 0 Å². The van der Waals surface area contributed by atoms with Crippen LogP contribution in [-0.4, -0.2) is 28.7 Å². The minimum Gasteiger partial charge on any atom is -0.481 e. The Hall–Kier alpha value is -3.41. The molecule has 0 unspecified atom stereocenters. The van der Waals surface area contributed by atoms with Crippen LogP contribution in [0.3, 0.4) is 0 Å². The van der Waals surface area contributed by atoms with Crippen LogP contribution in [0.1, 0.15) is 17.5 Å². The minimum absolute atomic E-state index is 0.0119. The molecule has 5 rings (SSSR count). The summed E-state index contributed by atoms with van der Waals surface area (Å²) in [4.78, 5) is 19.1. The van der Waals surface area contributed by atoms with Gasteiger partial charge in [0.1, 0.15) is 0 Å². The van der Waals surface area contributed by atoms with Crippen LogP contribution in [0.5, 0.6) is 5.75 Å². The van der Waals surface area contributed by atoms with E-state index >= 15 is 0 Å². The van der Waals surface area contributed by atoms with Crippen molar-refractivity contribution >= 4 is 33.5 Å². The van der Waals surface area contributed by atoms with E-state index in [1.807, 2.05) is 55.5 Å². The van der Waals surface area contributed by atoms with E-state index < -0.39 is 0 Å². The summed E-state index contributed by atoms with van der Waals surface area (Å²) in [6, 6.07) is 16.0. The highest BCUT2D eigenvalue weighted by molar-refractivity contribution is 6.13. The van der Waals surface area contributed by atoms with Crippen molar-refractivity contribution in [3.63, 3.8) is 0 Å². The molecule has 1 aliphatic rings. The molecule has 1 amide bonds. The summed E-state index contributed by atoms with van der Waals surface area (Å²) in [5.74, 6) is 0.596. The first kappa shape index (κ1) is 18.6. The van der Waals surface area contributed by atoms with Gasteiger partial charge >= 0.3 is 0 Å². The predicted octanol–water partition coefficient (Wildman–Crippen LogP) is 4.78. The quantitative estimate of drug-likeness (QED) is 0.482. The lowest BCUT2D eigenvalue weighted by Gasteiger charge is -2.30. The maximum absolute atomic E-state index is 12.9. The first-order valence-corrected chi connectivity index (χ1v) is 10.1. The molecule has 1 aliphatic heterocycles. The monoisotopic (exact) mass is 403 g/mol. The van der Waals surface area contributed by atoms with Crippen LogP contribution in [0, 0.1) is 6.92 Å². The van der Waals surface area contributed by atoms with Gasteiger partial charge in [-0.2, -0.15) is 0 Å². The molecule has 5 nitrogen and oxygen atoms in total. The molecule has 0 radical (unpaired) electrons. The number of rotatable bonds is 5. The zero-order chi connectivity index (χ0) is 20.7. The molecule has 4 aromatic rings. The van der Waals surface area contributed by atoms with E-state index in [4.69, 9.17) is 4.74 Å². The second kappa shape index (κ2) is 7.44. The van der Waals surface area contributed by atoms with E-state index in [1.54, 1.807) is 11.1 Å². The Morgan fingerprint density at radius 2 is 1.93 bits per heavy atom. The van der Waals surface area contributed by atoms with Crippen LogP contribution in [0.4, 0.5) is 10.1 Å². The number of ether oxygens (including phenoxy) is 1. The number of aromatic nitrogens is 2. The fraction of sp³-hybridized carbons (Fsp3) is 0.250. The summed E-state index contributed by atoms with van der Waals surface area (Å²) in [6.45, 7) is 2.70. The molecule has 3 heterocycles. The van der Waals surface area contributed by atoms with Crippen molar-refractivity contribution in [1.82, 2.24) is 9.55 Å². The van der Waals surface area contributed by atoms with Gasteiger partial charge in [0, 0.05) is 12.7 Å². The lowest BCUT2D eigenvalue weighted by molar-refractivity contribution is -0.121. The maximum atomic E-state index is 12.9. The van der Waals surface area contributed by atoms with Gasteiger partial charge in [0.25, 0.3) is 5.91 Å². The third-order valence-electron chi connectivity index (χ3n) is 5.63. The number of aryl methyl sites for hydroxylation is 2. The van der Waals surface area contributed by atoms with E-state index in [0.29, 0.717) is 25.3 Å². The Labute approximate surface area is 173 Å². The molecule has 30 heavy (non-hydrogen) atoms. The van der Waals surface area contributed by atoms with Crippen molar-refractivity contribution in [2.75, 3.05) is 18.2 Å². The molecule has 0 aliphatic carbocycles. The number of carbonyl (C=O) groups excluding carboxylic acids is 1. The van der Waals surface area contributed by atoms with Crippen molar-refractivity contribution in [1.29, 1.82) is 0 Å². The SMILES string of the molecule is Cc1ccc(CN2C(=O)COc3c2ccc2c3c3ncccc3n2CCCF)cc1. The molecule has 2 aromatic carbocycles. The van der Waals surface area contributed by atoms with Crippen LogP contribution in [0.25, 0.3) is 21.9 Å². The Bertz CT molecular complexity index is 1250. The van der Waals surface area contributed by atoms with Gasteiger partial charge in [-0.1, -0.05) is 29.8 Å². The zero-order valence-electron chi connectivity index (χ0n) is 16.8. The second-order valence-corrected chi connectivity index (χ2v) is 7.63. The third-order valence-corrected chi connectivity index (χ3v) is 5.63. The highest BCUT2D eigenvalue weighted by Gasteiger charge is 2.29. The van der Waals surface area contributed by atoms with E-state index in [-0.39, 0.29) is 19.2 Å². The van der Waals surface area contributed by atoms with Gasteiger partial charge in [0.15, 0.2) is 12.4 Å². The van der Waals surface area contributed by atoms with Crippen molar-refractivity contribution in [2.45, 2.75) is 26.4 Å². The van der Waals surface area contributed by atoms with E-state index in [9.17, 15) is 9.18 Å². The average molecular weight is 403 g/mol. The molecule has 152 valence electrons. The van der Waals surface area contributed by atoms with Crippen molar-refractivity contribution < 1.29 is 13.9 Å². The number of pyridine rings is 1. The van der Waals surface area contributed by atoms with Crippen molar-refractivity contribution in [2.24, 2.45) is 0 Å². The third kappa shape index (κ3) is 3.00. The number of carbonyl (C=O) groups is 1. The van der Waals surface area contributed by atoms with Crippen molar-refractivity contribution in [3.8, 4) is 5.75 Å². The number of benzene rings is 2. The summed E-state index contributed by atoms with van der Waals surface area (Å²) < 4.78 is 20.9. The summed E-state index contributed by atoms with van der Waals surface area (Å²) in [6.07, 6.45) is 2.18. The first-order chi connectivity index (χ1) is 14.7. The fourth-order valence-corrected chi connectivity index (χ4v) is 4.17. The number of amides is 1. The van der Waals surface area contributed by atoms with E-state index in [0.717, 1.165) is 33.2 Å². The van der Waals surface area contributed by atoms with Gasteiger partial charge in [0.05, 0.1) is 40.8 Å². The summed E-state index contributed by atoms with van der Waals surface area (Å²) in [5, 5.41) is 0.878. The van der Waals surface area contributed by atoms with Gasteiger partial charge in [0.2, 0.25) is 0 Å². The van der Waals surface area contributed by atoms with Gasteiger partial charge in [-0.15, -0.1) is 0 Å². The van der Waals surface area contributed by atoms with Gasteiger partial charge < -0.3 is 14.2 Å². The Morgan fingerprint density at radius 3 is 2.73 bits per heavy atom. The summed E-state index contributed by atoms with van der Waals surface area (Å²) in [5.41, 5.74) is 5.69. The smallest absolute Gasteiger partial charge is 0.265 e. The number of alkyl halides is 1. The Kier molecular flexibility index (Phi) is 4.62. The molecule has 0 bridgehead atoms. The van der Waals surface area contributed by atoms with Crippen LogP contribution in [0.15, 0.2) is 54.7 Å². The largest absolute Gasteiger partial charge is 0.481 e. The normalized spacial score (nSPS) is 13.7. The number of fused-ring (bicyclic) bond motifs is 5. The molecule has 0 N–H and O–H groups in total. The highest BCUT2D eigenvalue weighted by atomic mass is 19.1. The molecular formula is C24H22FN3O2. The molecule has 6 heteroatoms. The lowest BCUT2D eigenvalue weighted by Crippen LogP contribution is -2.38. The van der Waals surface area contributed by atoms with E-state index in [1.165, 1.54) is 5.56 Å². The molecular weight excluding hydrogens is 381 g/mol. The Morgan fingerprint density at radius 1 is 1.10 bits per heavy atom. The van der Waals surface area contributed by atoms with Gasteiger partial charge in [-0.3, -0.25) is 14.2 Å². The zero-order valence-corrected chi connectivity index (χ0v) is 16.8. The van der Waals surface area contributed by atoms with Crippen LogP contribution < -0.4 is 9.64 Å². The first-order valence-electron chi connectivity index (χ1n) is 10.1. The predicted molar refractivity (Wildman–Crippen MR) is 116 cm³/mol. The maximum Gasteiger partial charge on any atom is 0.265 e. The second-order valence-electron chi connectivity index (χ2n) is 7.63. The van der Waals surface area contributed by atoms with Gasteiger partial charge in [-0.05, 0) is 43.2 Å². The number of hydrogen-bond acceptors (Lipinski definition) is 3. The summed E-state index contributed by atoms with van der Waals surface area (Å²) >= 11 is 0. The number of halogens is 1. The average Bonchev–Trinajstić information content (AvgIpc) is 3.09. The lowest BCUT2D eigenvalue weighted by atomic mass is 10.1. The number of anilines is 1. The molecule has 0 fully saturated rings. The minimum atomic E-state index is -0.373. The van der Waals surface area contributed by atoms with Crippen LogP contribution in [-0.2, 0) is 17.9 Å². The standard InChI is InChI=1S/C24H22FN3O2/c1-16-5-7-17(8-6-16)14-28-20-10-9-18-22(24(20)30-15-21(28)29)23-19(4-2-12-26-23)27(18)13-3-11-25/h2,4-10,12H,3,11,13-15H2,1H3. The molecule has 0 atom stereocenters. The molecule has 2 aromatic heterocycles. The molecule has 0 saturated carbocycles. The Balaban J connectivity index is 1.67. The molecule has 0 spiro atoms. The van der Waals surface area contributed by atoms with Crippen LogP contribution in [0.2, 0.25) is 0 Å². The number of hydrogen-bond donors (Lipinski definition) is 0. The fourth-order valence-electron chi connectivity index (χ4n) is 4.17. The highest BCUT2D eigenvalue weighted by Crippen LogP contribution is 2.43. The molecule has 0 saturated heterocycles. The number of nitrogens with zero attached hydrogens (tertiary/aromatic N) is 3. The van der Waals surface area contributed by atoms with Crippen molar-refractivity contribution in [3.05, 3.63) is 65.9 Å². The van der Waals surface area contributed by atoms with E-state index in [2.05, 4.69) is 9.55 Å². The van der Waals surface area contributed by atoms with Gasteiger partial charge in [-0.25, -0.2) is 0 Å². The topological polar surface area (TPSA) is 47.4 Å². The summed E-state index contributed by atoms with van der Waals surface area (Å²) in [7, 11) is 0.